The molecule has 8 heteroatoms. The van der Waals surface area contributed by atoms with Crippen LogP contribution in [0.4, 0.5) is 10.1 Å². The van der Waals surface area contributed by atoms with Gasteiger partial charge in [-0.1, -0.05) is 0 Å². The second kappa shape index (κ2) is 4.66. The Labute approximate surface area is 117 Å². The minimum absolute atomic E-state index is 0.0511. The first-order chi connectivity index (χ1) is 9.12. The van der Waals surface area contributed by atoms with E-state index in [1.54, 1.807) is 0 Å². The first-order valence-corrected chi connectivity index (χ1v) is 7.74. The number of primary sulfonamides is 1. The van der Waals surface area contributed by atoms with Crippen LogP contribution in [0.15, 0.2) is 18.2 Å². The average Bonchev–Trinajstić information content (AvgIpc) is 2.82. The summed E-state index contributed by atoms with van der Waals surface area (Å²) in [7, 11) is -3.99. The molecule has 0 saturated carbocycles. The third-order valence-electron chi connectivity index (χ3n) is 4.16. The molecular formula is C12H19FN4O2S. The van der Waals surface area contributed by atoms with Gasteiger partial charge in [0.2, 0.25) is 10.0 Å². The highest BCUT2D eigenvalue weighted by atomic mass is 32.2. The number of anilines is 1. The zero-order valence-electron chi connectivity index (χ0n) is 11.2. The molecule has 1 heterocycles. The number of halogens is 1. The lowest BCUT2D eigenvalue weighted by Gasteiger charge is -2.41. The van der Waals surface area contributed by atoms with Crippen molar-refractivity contribution in [2.24, 2.45) is 10.9 Å². The van der Waals surface area contributed by atoms with Crippen molar-refractivity contribution < 1.29 is 12.8 Å². The topological polar surface area (TPSA) is 124 Å². The van der Waals surface area contributed by atoms with Crippen LogP contribution >= 0.6 is 0 Å². The number of sulfonamides is 1. The van der Waals surface area contributed by atoms with Crippen LogP contribution in [0.5, 0.6) is 0 Å². The summed E-state index contributed by atoms with van der Waals surface area (Å²) in [5, 5.41) is 8.32. The van der Waals surface area contributed by atoms with Gasteiger partial charge in [-0.25, -0.2) is 17.9 Å². The maximum atomic E-state index is 14.1. The lowest BCUT2D eigenvalue weighted by atomic mass is 9.78. The summed E-state index contributed by atoms with van der Waals surface area (Å²) in [6, 6.07) is 3.93. The molecule has 1 saturated heterocycles. The van der Waals surface area contributed by atoms with Gasteiger partial charge in [0.15, 0.2) is 0 Å². The second-order valence-electron chi connectivity index (χ2n) is 5.41. The molecule has 1 fully saturated rings. The van der Waals surface area contributed by atoms with Gasteiger partial charge < -0.3 is 16.8 Å². The summed E-state index contributed by atoms with van der Waals surface area (Å²) < 4.78 is 36.8. The van der Waals surface area contributed by atoms with Crippen molar-refractivity contribution in [3.8, 4) is 0 Å². The van der Waals surface area contributed by atoms with Gasteiger partial charge in [-0.15, -0.1) is 0 Å². The van der Waals surface area contributed by atoms with E-state index in [0.717, 1.165) is 0 Å². The van der Waals surface area contributed by atoms with E-state index >= 15 is 0 Å². The number of hydrogen-bond donors (Lipinski definition) is 4. The van der Waals surface area contributed by atoms with Crippen LogP contribution in [-0.2, 0) is 15.6 Å². The van der Waals surface area contributed by atoms with E-state index in [4.69, 9.17) is 16.6 Å². The molecular weight excluding hydrogens is 283 g/mol. The minimum atomic E-state index is -3.99. The molecule has 1 unspecified atom stereocenters. The summed E-state index contributed by atoms with van der Waals surface area (Å²) >= 11 is 0. The average molecular weight is 302 g/mol. The fraction of sp³-hybridized carbons (Fsp3) is 0.500. The molecule has 0 aromatic heterocycles. The Kier molecular flexibility index (Phi) is 3.53. The largest absolute Gasteiger partial charge is 0.399 e. The predicted octanol–water partition coefficient (Wildman–Crippen LogP) is -0.398. The number of nitrogen functional groups attached to an aromatic ring is 1. The number of nitrogens with one attached hydrogen (secondary N) is 1. The molecule has 0 bridgehead atoms. The molecule has 0 amide bonds. The Morgan fingerprint density at radius 3 is 2.60 bits per heavy atom. The zero-order valence-corrected chi connectivity index (χ0v) is 12.0. The van der Waals surface area contributed by atoms with Gasteiger partial charge >= 0.3 is 0 Å². The molecule has 2 atom stereocenters. The van der Waals surface area contributed by atoms with Gasteiger partial charge in [-0.3, -0.25) is 0 Å². The van der Waals surface area contributed by atoms with E-state index in [-0.39, 0.29) is 18.5 Å². The van der Waals surface area contributed by atoms with Gasteiger partial charge in [0.25, 0.3) is 0 Å². The molecule has 2 rings (SSSR count). The van der Waals surface area contributed by atoms with Crippen molar-refractivity contribution in [2.75, 3.05) is 18.8 Å². The number of benzene rings is 1. The molecule has 1 aromatic carbocycles. The van der Waals surface area contributed by atoms with E-state index in [1.165, 1.54) is 25.1 Å². The highest BCUT2D eigenvalue weighted by molar-refractivity contribution is 7.90. The van der Waals surface area contributed by atoms with E-state index in [9.17, 15) is 12.8 Å². The van der Waals surface area contributed by atoms with E-state index < -0.39 is 26.1 Å². The minimum Gasteiger partial charge on any atom is -0.399 e. The summed E-state index contributed by atoms with van der Waals surface area (Å²) in [5.74, 6) is -0.598. The molecule has 1 aliphatic heterocycles. The van der Waals surface area contributed by atoms with Crippen LogP contribution in [0.3, 0.4) is 0 Å². The van der Waals surface area contributed by atoms with Crippen LogP contribution in [0.2, 0.25) is 0 Å². The Hall–Kier alpha value is -1.22. The standard InChI is InChI=1S/C12H19FN4O2S/c1-11(15,9-6-8(14)2-3-10(9)13)12(20(16,18)19)4-5-17-7-12/h2-3,6,17H,4-5,7,14-15H2,1H3,(H2,16,18,19)/t11?,12-/m1/s1. The number of hydrogen-bond acceptors (Lipinski definition) is 5. The van der Waals surface area contributed by atoms with Crippen LogP contribution in [-0.4, -0.2) is 26.3 Å². The molecule has 0 radical (unpaired) electrons. The molecule has 6 nitrogen and oxygen atoms in total. The molecule has 20 heavy (non-hydrogen) atoms. The van der Waals surface area contributed by atoms with Crippen LogP contribution < -0.4 is 21.9 Å². The van der Waals surface area contributed by atoms with E-state index in [2.05, 4.69) is 5.32 Å². The van der Waals surface area contributed by atoms with Crippen molar-refractivity contribution >= 4 is 15.7 Å². The lowest BCUT2D eigenvalue weighted by molar-refractivity contribution is 0.330. The van der Waals surface area contributed by atoms with Crippen molar-refractivity contribution in [2.45, 2.75) is 23.6 Å². The monoisotopic (exact) mass is 302 g/mol. The van der Waals surface area contributed by atoms with Gasteiger partial charge in [-0.05, 0) is 38.1 Å². The maximum absolute atomic E-state index is 14.1. The third kappa shape index (κ3) is 2.08. The molecule has 7 N–H and O–H groups in total. The van der Waals surface area contributed by atoms with Crippen LogP contribution in [0.25, 0.3) is 0 Å². The fourth-order valence-electron chi connectivity index (χ4n) is 2.84. The Morgan fingerprint density at radius 1 is 1.45 bits per heavy atom. The lowest BCUT2D eigenvalue weighted by Crippen LogP contribution is -2.63. The SMILES string of the molecule is CC(N)(c1cc(N)ccc1F)[C@@]1(S(N)(=O)=O)CCNC1. The Bertz CT molecular complexity index is 624. The highest BCUT2D eigenvalue weighted by Crippen LogP contribution is 2.41. The Morgan fingerprint density at radius 2 is 2.10 bits per heavy atom. The van der Waals surface area contributed by atoms with Crippen LogP contribution in [0.1, 0.15) is 18.9 Å². The third-order valence-corrected chi connectivity index (χ3v) is 6.02. The smallest absolute Gasteiger partial charge is 0.218 e. The van der Waals surface area contributed by atoms with Crippen molar-refractivity contribution in [1.29, 1.82) is 0 Å². The molecule has 112 valence electrons. The molecule has 1 aliphatic rings. The summed E-state index contributed by atoms with van der Waals surface area (Å²) in [6.07, 6.45) is 0.215. The van der Waals surface area contributed by atoms with Crippen molar-refractivity contribution in [3.05, 3.63) is 29.6 Å². The predicted molar refractivity (Wildman–Crippen MR) is 75.7 cm³/mol. The summed E-state index contributed by atoms with van der Waals surface area (Å²) in [4.78, 5) is 0. The van der Waals surface area contributed by atoms with Crippen molar-refractivity contribution in [3.63, 3.8) is 0 Å². The van der Waals surface area contributed by atoms with Gasteiger partial charge in [0.1, 0.15) is 10.6 Å². The summed E-state index contributed by atoms with van der Waals surface area (Å²) in [6.45, 7) is 2.00. The highest BCUT2D eigenvalue weighted by Gasteiger charge is 2.57. The maximum Gasteiger partial charge on any atom is 0.218 e. The number of rotatable bonds is 3. The van der Waals surface area contributed by atoms with E-state index in [1.807, 2.05) is 0 Å². The van der Waals surface area contributed by atoms with Crippen LogP contribution in [0, 0.1) is 5.82 Å². The molecule has 0 aliphatic carbocycles. The van der Waals surface area contributed by atoms with Crippen molar-refractivity contribution in [1.82, 2.24) is 5.32 Å². The van der Waals surface area contributed by atoms with Gasteiger partial charge in [-0.2, -0.15) is 0 Å². The summed E-state index contributed by atoms with van der Waals surface area (Å²) in [5.41, 5.74) is 10.8. The fourth-order valence-corrected chi connectivity index (χ4v) is 4.23. The Balaban J connectivity index is 2.66. The first-order valence-electron chi connectivity index (χ1n) is 6.19. The van der Waals surface area contributed by atoms with Gasteiger partial charge in [0.05, 0.1) is 5.54 Å². The normalized spacial score (nSPS) is 26.4. The quantitative estimate of drug-likeness (QED) is 0.566. The molecule has 1 aromatic rings. The van der Waals surface area contributed by atoms with Gasteiger partial charge in [0, 0.05) is 17.8 Å². The second-order valence-corrected chi connectivity index (χ2v) is 7.28. The number of nitrogens with two attached hydrogens (primary N) is 3. The first kappa shape index (κ1) is 15.2. The molecule has 0 spiro atoms. The van der Waals surface area contributed by atoms with E-state index in [0.29, 0.717) is 12.2 Å². The zero-order chi connectivity index (χ0) is 15.2.